The molecule has 1 aromatic heterocycles. The summed E-state index contributed by atoms with van der Waals surface area (Å²) in [5.41, 5.74) is 3.10. The summed E-state index contributed by atoms with van der Waals surface area (Å²) in [5, 5.41) is 5.76. The Kier molecular flexibility index (Phi) is 7.48. The van der Waals surface area contributed by atoms with Crippen molar-refractivity contribution >= 4 is 46.3 Å². The zero-order valence-electron chi connectivity index (χ0n) is 17.0. The van der Waals surface area contributed by atoms with Crippen LogP contribution in [0.3, 0.4) is 0 Å². The van der Waals surface area contributed by atoms with Gasteiger partial charge in [0, 0.05) is 41.5 Å². The average Bonchev–Trinajstić information content (AvgIpc) is 3.16. The van der Waals surface area contributed by atoms with Gasteiger partial charge in [0.2, 0.25) is 0 Å². The van der Waals surface area contributed by atoms with E-state index in [0.717, 1.165) is 21.3 Å². The number of nitrogens with zero attached hydrogens (tertiary/aromatic N) is 2. The van der Waals surface area contributed by atoms with Crippen LogP contribution in [0.1, 0.15) is 21.1 Å². The molecule has 6 nitrogen and oxygen atoms in total. The minimum atomic E-state index is -0.523. The highest BCUT2D eigenvalue weighted by Gasteiger charge is 2.15. The molecule has 1 amide bonds. The lowest BCUT2D eigenvalue weighted by Gasteiger charge is -2.13. The number of thiazole rings is 1. The van der Waals surface area contributed by atoms with Crippen LogP contribution in [0, 0.1) is 6.92 Å². The number of thioether (sulfide) groups is 1. The molecular formula is C22H23N3O3S2. The van der Waals surface area contributed by atoms with E-state index in [1.54, 1.807) is 35.6 Å². The summed E-state index contributed by atoms with van der Waals surface area (Å²) in [6.07, 6.45) is 0. The van der Waals surface area contributed by atoms with Crippen LogP contribution >= 0.6 is 23.1 Å². The van der Waals surface area contributed by atoms with Crippen molar-refractivity contribution < 1.29 is 14.3 Å². The Morgan fingerprint density at radius 1 is 1.13 bits per heavy atom. The quantitative estimate of drug-likeness (QED) is 0.407. The molecule has 156 valence electrons. The molecule has 0 aliphatic heterocycles. The second-order valence-corrected chi connectivity index (χ2v) is 8.79. The van der Waals surface area contributed by atoms with Crippen LogP contribution in [-0.4, -0.2) is 37.6 Å². The second-order valence-electron chi connectivity index (χ2n) is 6.71. The summed E-state index contributed by atoms with van der Waals surface area (Å²) in [6.45, 7) is 1.62. The minimum Gasteiger partial charge on any atom is -0.452 e. The summed E-state index contributed by atoms with van der Waals surface area (Å²) in [5.74, 6) is -0.243. The van der Waals surface area contributed by atoms with Crippen molar-refractivity contribution in [3.05, 3.63) is 70.2 Å². The monoisotopic (exact) mass is 441 g/mol. The molecule has 0 radical (unpaired) electrons. The van der Waals surface area contributed by atoms with Crippen LogP contribution in [0.15, 0.2) is 58.8 Å². The highest BCUT2D eigenvalue weighted by molar-refractivity contribution is 7.98. The highest BCUT2D eigenvalue weighted by atomic mass is 32.2. The smallest absolute Gasteiger partial charge is 0.339 e. The van der Waals surface area contributed by atoms with Crippen molar-refractivity contribution in [2.75, 3.05) is 30.9 Å². The molecule has 0 saturated heterocycles. The highest BCUT2D eigenvalue weighted by Crippen LogP contribution is 2.27. The first-order valence-electron chi connectivity index (χ1n) is 9.29. The number of amides is 1. The molecule has 30 heavy (non-hydrogen) atoms. The van der Waals surface area contributed by atoms with Gasteiger partial charge in [0.25, 0.3) is 5.91 Å². The Labute approximate surface area is 184 Å². The fourth-order valence-corrected chi connectivity index (χ4v) is 4.29. The van der Waals surface area contributed by atoms with Gasteiger partial charge in [-0.2, -0.15) is 0 Å². The summed E-state index contributed by atoms with van der Waals surface area (Å²) in [6, 6.07) is 14.6. The molecule has 0 unspecified atom stereocenters. The summed E-state index contributed by atoms with van der Waals surface area (Å²) < 4.78 is 5.23. The predicted octanol–water partition coefficient (Wildman–Crippen LogP) is 4.61. The molecule has 0 fully saturated rings. The maximum atomic E-state index is 12.5. The lowest BCUT2D eigenvalue weighted by molar-refractivity contribution is -0.119. The molecule has 0 saturated carbocycles. The first kappa shape index (κ1) is 21.9. The van der Waals surface area contributed by atoms with Gasteiger partial charge in [0.05, 0.1) is 16.3 Å². The molecule has 1 heterocycles. The Hall–Kier alpha value is -2.84. The lowest BCUT2D eigenvalue weighted by atomic mass is 10.2. The summed E-state index contributed by atoms with van der Waals surface area (Å²) in [7, 11) is 3.89. The van der Waals surface area contributed by atoms with Crippen molar-refractivity contribution in [2.45, 2.75) is 17.6 Å². The van der Waals surface area contributed by atoms with E-state index < -0.39 is 5.97 Å². The van der Waals surface area contributed by atoms with Crippen molar-refractivity contribution in [3.63, 3.8) is 0 Å². The van der Waals surface area contributed by atoms with Crippen LogP contribution in [0.25, 0.3) is 0 Å². The van der Waals surface area contributed by atoms with E-state index in [-0.39, 0.29) is 12.5 Å². The van der Waals surface area contributed by atoms with Gasteiger partial charge in [-0.05, 0) is 43.3 Å². The predicted molar refractivity (Wildman–Crippen MR) is 123 cm³/mol. The summed E-state index contributed by atoms with van der Waals surface area (Å²) in [4.78, 5) is 31.9. The Morgan fingerprint density at radius 2 is 1.87 bits per heavy atom. The number of aryl methyl sites for hydroxylation is 1. The Morgan fingerprint density at radius 3 is 2.53 bits per heavy atom. The van der Waals surface area contributed by atoms with E-state index in [1.165, 1.54) is 11.8 Å². The van der Waals surface area contributed by atoms with E-state index in [4.69, 9.17) is 4.74 Å². The number of hydrogen-bond acceptors (Lipinski definition) is 7. The SMILES string of the molecule is Cc1nc(CSc2ccccc2C(=O)OCC(=O)Nc2ccc(N(C)C)cc2)cs1. The molecule has 0 spiro atoms. The molecule has 8 heteroatoms. The Balaban J connectivity index is 1.54. The molecule has 0 aliphatic carbocycles. The van der Waals surface area contributed by atoms with Crippen LogP contribution in [0.5, 0.6) is 0 Å². The maximum absolute atomic E-state index is 12.5. The third-order valence-electron chi connectivity index (χ3n) is 4.15. The van der Waals surface area contributed by atoms with E-state index in [9.17, 15) is 9.59 Å². The largest absolute Gasteiger partial charge is 0.452 e. The molecule has 0 atom stereocenters. The molecule has 3 aromatic rings. The zero-order chi connectivity index (χ0) is 21.5. The number of rotatable bonds is 8. The van der Waals surface area contributed by atoms with Crippen LogP contribution in [0.4, 0.5) is 11.4 Å². The topological polar surface area (TPSA) is 71.5 Å². The van der Waals surface area contributed by atoms with Crippen molar-refractivity contribution in [2.24, 2.45) is 0 Å². The maximum Gasteiger partial charge on any atom is 0.339 e. The fraction of sp³-hybridized carbons (Fsp3) is 0.227. The van der Waals surface area contributed by atoms with Crippen LogP contribution < -0.4 is 10.2 Å². The van der Waals surface area contributed by atoms with Crippen LogP contribution in [-0.2, 0) is 15.3 Å². The second kappa shape index (κ2) is 10.3. The van der Waals surface area contributed by atoms with Crippen LogP contribution in [0.2, 0.25) is 0 Å². The normalized spacial score (nSPS) is 10.5. The molecule has 0 aliphatic rings. The van der Waals surface area contributed by atoms with E-state index in [2.05, 4.69) is 10.3 Å². The summed E-state index contributed by atoms with van der Waals surface area (Å²) >= 11 is 3.12. The number of carbonyl (C=O) groups excluding carboxylic acids is 2. The molecule has 0 bridgehead atoms. The third-order valence-corrected chi connectivity index (χ3v) is 6.08. The van der Waals surface area contributed by atoms with E-state index >= 15 is 0 Å². The van der Waals surface area contributed by atoms with Crippen molar-refractivity contribution in [3.8, 4) is 0 Å². The number of anilines is 2. The van der Waals surface area contributed by atoms with Gasteiger partial charge in [0.15, 0.2) is 6.61 Å². The van der Waals surface area contributed by atoms with Crippen molar-refractivity contribution in [1.82, 2.24) is 4.98 Å². The number of ether oxygens (including phenoxy) is 1. The van der Waals surface area contributed by atoms with Gasteiger partial charge >= 0.3 is 5.97 Å². The number of nitrogens with one attached hydrogen (secondary N) is 1. The molecule has 1 N–H and O–H groups in total. The average molecular weight is 442 g/mol. The first-order valence-corrected chi connectivity index (χ1v) is 11.2. The lowest BCUT2D eigenvalue weighted by Crippen LogP contribution is -2.21. The molecular weight excluding hydrogens is 418 g/mol. The first-order chi connectivity index (χ1) is 14.4. The number of hydrogen-bond donors (Lipinski definition) is 1. The number of esters is 1. The van der Waals surface area contributed by atoms with Gasteiger partial charge in [-0.3, -0.25) is 4.79 Å². The van der Waals surface area contributed by atoms with Gasteiger partial charge in [-0.25, -0.2) is 9.78 Å². The van der Waals surface area contributed by atoms with Crippen molar-refractivity contribution in [1.29, 1.82) is 0 Å². The number of aromatic nitrogens is 1. The van der Waals surface area contributed by atoms with Gasteiger partial charge in [0.1, 0.15) is 0 Å². The number of carbonyl (C=O) groups is 2. The number of benzene rings is 2. The minimum absolute atomic E-state index is 0.349. The Bertz CT molecular complexity index is 1020. The van der Waals surface area contributed by atoms with Gasteiger partial charge in [-0.15, -0.1) is 23.1 Å². The third kappa shape index (κ3) is 6.08. The van der Waals surface area contributed by atoms with E-state index in [1.807, 2.05) is 55.6 Å². The molecule has 2 aromatic carbocycles. The molecule has 3 rings (SSSR count). The fourth-order valence-electron chi connectivity index (χ4n) is 2.64. The van der Waals surface area contributed by atoms with Gasteiger partial charge in [-0.1, -0.05) is 12.1 Å². The standard InChI is InChI=1S/C22H23N3O3S2/c1-15-23-17(13-29-15)14-30-20-7-5-4-6-19(20)22(27)28-12-21(26)24-16-8-10-18(11-9-16)25(2)3/h4-11,13H,12,14H2,1-3H3,(H,24,26). The van der Waals surface area contributed by atoms with E-state index in [0.29, 0.717) is 17.0 Å². The van der Waals surface area contributed by atoms with Gasteiger partial charge < -0.3 is 15.0 Å². The zero-order valence-corrected chi connectivity index (χ0v) is 18.7.